The second-order valence-corrected chi connectivity index (χ2v) is 9.76. The van der Waals surface area contributed by atoms with E-state index in [0.717, 1.165) is 28.0 Å². The first kappa shape index (κ1) is 25.3. The van der Waals surface area contributed by atoms with E-state index in [9.17, 15) is 9.59 Å². The number of rotatable bonds is 8. The standard InChI is InChI=1S/C29H22ClN3O4S/c1-18-8-10-19(11-9-18)25-28(32-27(35)24-7-4-16-36-24)38-29(31-25)33-26(34)20-12-14-22(15-13-20)37-17-21-5-2-3-6-23(21)30/h2-16H,17H2,1H3,(H,32,35)(H,31,33,34). The van der Waals surface area contributed by atoms with Gasteiger partial charge in [0.2, 0.25) is 0 Å². The molecule has 0 spiro atoms. The molecule has 0 saturated carbocycles. The lowest BCUT2D eigenvalue weighted by Gasteiger charge is -2.08. The minimum absolute atomic E-state index is 0.177. The Bertz CT molecular complexity index is 1560. The highest BCUT2D eigenvalue weighted by Gasteiger charge is 2.19. The smallest absolute Gasteiger partial charge is 0.292 e. The Morgan fingerprint density at radius 2 is 1.68 bits per heavy atom. The van der Waals surface area contributed by atoms with Gasteiger partial charge in [-0.25, -0.2) is 4.98 Å². The topological polar surface area (TPSA) is 93.5 Å². The second-order valence-electron chi connectivity index (χ2n) is 8.35. The van der Waals surface area contributed by atoms with Gasteiger partial charge in [-0.15, -0.1) is 0 Å². The van der Waals surface area contributed by atoms with Gasteiger partial charge < -0.3 is 14.5 Å². The Morgan fingerprint density at radius 3 is 2.39 bits per heavy atom. The first-order valence-electron chi connectivity index (χ1n) is 11.7. The van der Waals surface area contributed by atoms with Crippen LogP contribution in [0.15, 0.2) is 95.6 Å². The summed E-state index contributed by atoms with van der Waals surface area (Å²) >= 11 is 7.34. The highest BCUT2D eigenvalue weighted by molar-refractivity contribution is 7.20. The monoisotopic (exact) mass is 543 g/mol. The minimum atomic E-state index is -0.405. The number of halogens is 1. The maximum atomic E-state index is 13.0. The average molecular weight is 544 g/mol. The average Bonchev–Trinajstić information content (AvgIpc) is 3.60. The van der Waals surface area contributed by atoms with Crippen LogP contribution in [0, 0.1) is 6.92 Å². The predicted molar refractivity (Wildman–Crippen MR) is 149 cm³/mol. The van der Waals surface area contributed by atoms with Gasteiger partial charge in [0.1, 0.15) is 23.1 Å². The van der Waals surface area contributed by atoms with Crippen molar-refractivity contribution in [3.63, 3.8) is 0 Å². The molecule has 0 fully saturated rings. The van der Waals surface area contributed by atoms with Crippen molar-refractivity contribution >= 4 is 44.9 Å². The minimum Gasteiger partial charge on any atom is -0.489 e. The molecule has 0 saturated heterocycles. The SMILES string of the molecule is Cc1ccc(-c2nc(NC(=O)c3ccc(OCc4ccccc4Cl)cc3)sc2NC(=O)c2ccco2)cc1. The number of aromatic nitrogens is 1. The lowest BCUT2D eigenvalue weighted by atomic mass is 10.1. The number of ether oxygens (including phenoxy) is 1. The zero-order valence-electron chi connectivity index (χ0n) is 20.2. The predicted octanol–water partition coefficient (Wildman–Crippen LogP) is 7.45. The number of carbonyl (C=O) groups is 2. The Morgan fingerprint density at radius 1 is 0.921 bits per heavy atom. The molecule has 0 bridgehead atoms. The maximum absolute atomic E-state index is 13.0. The van der Waals surface area contributed by atoms with Gasteiger partial charge >= 0.3 is 0 Å². The zero-order valence-corrected chi connectivity index (χ0v) is 21.8. The van der Waals surface area contributed by atoms with Crippen molar-refractivity contribution in [1.82, 2.24) is 4.98 Å². The van der Waals surface area contributed by atoms with Crippen LogP contribution in [-0.4, -0.2) is 16.8 Å². The van der Waals surface area contributed by atoms with Crippen LogP contribution in [0.2, 0.25) is 5.02 Å². The van der Waals surface area contributed by atoms with E-state index in [1.165, 1.54) is 6.26 Å². The molecule has 3 aromatic carbocycles. The van der Waals surface area contributed by atoms with Crippen LogP contribution < -0.4 is 15.4 Å². The fraction of sp³-hybridized carbons (Fsp3) is 0.0690. The Hall–Kier alpha value is -4.40. The van der Waals surface area contributed by atoms with Gasteiger partial charge in [-0.2, -0.15) is 0 Å². The van der Waals surface area contributed by atoms with Crippen molar-refractivity contribution in [3.05, 3.63) is 119 Å². The maximum Gasteiger partial charge on any atom is 0.292 e. The lowest BCUT2D eigenvalue weighted by Crippen LogP contribution is -2.11. The highest BCUT2D eigenvalue weighted by Crippen LogP contribution is 2.36. The summed E-state index contributed by atoms with van der Waals surface area (Å²) in [6, 6.07) is 25.2. The number of nitrogens with one attached hydrogen (secondary N) is 2. The Labute approximate surface area is 228 Å². The van der Waals surface area contributed by atoms with E-state index in [1.807, 2.05) is 55.5 Å². The van der Waals surface area contributed by atoms with Crippen LogP contribution in [0.1, 0.15) is 32.0 Å². The molecular formula is C29H22ClN3O4S. The quantitative estimate of drug-likeness (QED) is 0.212. The summed E-state index contributed by atoms with van der Waals surface area (Å²) in [5.74, 6) is 0.0454. The van der Waals surface area contributed by atoms with E-state index in [4.69, 9.17) is 20.8 Å². The van der Waals surface area contributed by atoms with Crippen molar-refractivity contribution in [1.29, 1.82) is 0 Å². The van der Waals surface area contributed by atoms with E-state index < -0.39 is 5.91 Å². The van der Waals surface area contributed by atoms with Crippen molar-refractivity contribution < 1.29 is 18.7 Å². The van der Waals surface area contributed by atoms with E-state index in [2.05, 4.69) is 15.6 Å². The number of aryl methyl sites for hydroxylation is 1. The molecule has 2 N–H and O–H groups in total. The molecule has 5 aromatic rings. The molecular weight excluding hydrogens is 522 g/mol. The molecule has 190 valence electrons. The lowest BCUT2D eigenvalue weighted by molar-refractivity contribution is 0.0995. The molecule has 0 radical (unpaired) electrons. The van der Waals surface area contributed by atoms with Gasteiger partial charge in [0.05, 0.1) is 6.26 Å². The molecule has 0 atom stereocenters. The molecule has 9 heteroatoms. The largest absolute Gasteiger partial charge is 0.489 e. The van der Waals surface area contributed by atoms with Crippen LogP contribution >= 0.6 is 22.9 Å². The van der Waals surface area contributed by atoms with Crippen LogP contribution in [0.5, 0.6) is 5.75 Å². The van der Waals surface area contributed by atoms with Crippen LogP contribution in [0.4, 0.5) is 10.1 Å². The Balaban J connectivity index is 1.31. The Kier molecular flexibility index (Phi) is 7.53. The normalized spacial score (nSPS) is 10.7. The summed E-state index contributed by atoms with van der Waals surface area (Å²) in [7, 11) is 0. The third kappa shape index (κ3) is 5.94. The third-order valence-corrected chi connectivity index (χ3v) is 6.87. The van der Waals surface area contributed by atoms with E-state index in [1.54, 1.807) is 36.4 Å². The fourth-order valence-electron chi connectivity index (χ4n) is 3.59. The first-order chi connectivity index (χ1) is 18.5. The van der Waals surface area contributed by atoms with Gasteiger partial charge in [-0.3, -0.25) is 14.9 Å². The number of carbonyl (C=O) groups excluding carboxylic acids is 2. The zero-order chi connectivity index (χ0) is 26.5. The number of nitrogens with zero attached hydrogens (tertiary/aromatic N) is 1. The molecule has 2 aromatic heterocycles. The molecule has 7 nitrogen and oxygen atoms in total. The number of hydrogen-bond donors (Lipinski definition) is 2. The number of thiazole rings is 1. The van der Waals surface area contributed by atoms with E-state index in [-0.39, 0.29) is 11.7 Å². The molecule has 2 amide bonds. The number of hydrogen-bond acceptors (Lipinski definition) is 6. The molecule has 0 unspecified atom stereocenters. The molecule has 0 aliphatic rings. The van der Waals surface area contributed by atoms with E-state index in [0.29, 0.717) is 38.8 Å². The number of benzene rings is 3. The van der Waals surface area contributed by atoms with Crippen molar-refractivity contribution in [2.24, 2.45) is 0 Å². The summed E-state index contributed by atoms with van der Waals surface area (Å²) in [6.45, 7) is 2.31. The van der Waals surface area contributed by atoms with Gasteiger partial charge in [0.25, 0.3) is 11.8 Å². The summed E-state index contributed by atoms with van der Waals surface area (Å²) in [4.78, 5) is 30.2. The second kappa shape index (κ2) is 11.3. The summed E-state index contributed by atoms with van der Waals surface area (Å²) in [5.41, 5.74) is 3.76. The summed E-state index contributed by atoms with van der Waals surface area (Å²) in [6.07, 6.45) is 1.43. The molecule has 2 heterocycles. The molecule has 0 aliphatic carbocycles. The van der Waals surface area contributed by atoms with Crippen molar-refractivity contribution in [3.8, 4) is 17.0 Å². The number of amides is 2. The fourth-order valence-corrected chi connectivity index (χ4v) is 4.65. The van der Waals surface area contributed by atoms with E-state index >= 15 is 0 Å². The third-order valence-electron chi connectivity index (χ3n) is 5.61. The van der Waals surface area contributed by atoms with Crippen LogP contribution in [0.3, 0.4) is 0 Å². The van der Waals surface area contributed by atoms with Crippen LogP contribution in [-0.2, 0) is 6.61 Å². The first-order valence-corrected chi connectivity index (χ1v) is 12.9. The summed E-state index contributed by atoms with van der Waals surface area (Å²) in [5, 5.41) is 7.15. The molecule has 38 heavy (non-hydrogen) atoms. The number of anilines is 2. The molecule has 0 aliphatic heterocycles. The van der Waals surface area contributed by atoms with Gasteiger partial charge in [-0.05, 0) is 49.4 Å². The highest BCUT2D eigenvalue weighted by atomic mass is 35.5. The molecule has 5 rings (SSSR count). The van der Waals surface area contributed by atoms with Crippen LogP contribution in [0.25, 0.3) is 11.3 Å². The number of furan rings is 1. The van der Waals surface area contributed by atoms with Crippen molar-refractivity contribution in [2.75, 3.05) is 10.6 Å². The van der Waals surface area contributed by atoms with Gasteiger partial charge in [-0.1, -0.05) is 71.0 Å². The van der Waals surface area contributed by atoms with Gasteiger partial charge in [0.15, 0.2) is 10.9 Å². The summed E-state index contributed by atoms with van der Waals surface area (Å²) < 4.78 is 11.0. The van der Waals surface area contributed by atoms with Gasteiger partial charge in [0, 0.05) is 21.7 Å². The van der Waals surface area contributed by atoms with Crippen molar-refractivity contribution in [2.45, 2.75) is 13.5 Å².